The van der Waals surface area contributed by atoms with Crippen LogP contribution in [-0.4, -0.2) is 6.61 Å². The van der Waals surface area contributed by atoms with Gasteiger partial charge in [-0.2, -0.15) is 0 Å². The summed E-state index contributed by atoms with van der Waals surface area (Å²) >= 11 is 0. The molecule has 0 aromatic heterocycles. The molecule has 2 aliphatic carbocycles. The molecule has 28 heavy (non-hydrogen) atoms. The molecule has 2 fully saturated rings. The molecule has 1 heterocycles. The lowest BCUT2D eigenvalue weighted by atomic mass is 9.72. The predicted octanol–water partition coefficient (Wildman–Crippen LogP) is 7.72. The molecule has 0 spiro atoms. The number of allylic oxidation sites excluding steroid dienone is 2. The van der Waals surface area contributed by atoms with Crippen LogP contribution in [0.1, 0.15) is 101 Å². The van der Waals surface area contributed by atoms with E-state index in [0.717, 1.165) is 43.3 Å². The van der Waals surface area contributed by atoms with Crippen molar-refractivity contribution in [1.29, 1.82) is 0 Å². The van der Waals surface area contributed by atoms with Gasteiger partial charge in [0.15, 0.2) is 0 Å². The van der Waals surface area contributed by atoms with Crippen LogP contribution in [0, 0.1) is 23.6 Å². The van der Waals surface area contributed by atoms with Crippen molar-refractivity contribution in [3.05, 3.63) is 47.0 Å². The third-order valence-corrected chi connectivity index (χ3v) is 7.87. The first-order chi connectivity index (χ1) is 13.6. The first-order valence-electron chi connectivity index (χ1n) is 11.7. The van der Waals surface area contributed by atoms with Crippen LogP contribution < -0.4 is 0 Å². The molecular weight excluding hydrogens is 347 g/mol. The highest BCUT2D eigenvalue weighted by Crippen LogP contribution is 2.42. The van der Waals surface area contributed by atoms with E-state index in [2.05, 4.69) is 32.1 Å². The first-order valence-corrected chi connectivity index (χ1v) is 11.7. The quantitative estimate of drug-likeness (QED) is 0.516. The SMILES string of the molecule is CCC1=CCC(C2CCC(c3ccc(C4CCC(C)CC4)cc3F)CC2)CO1. The van der Waals surface area contributed by atoms with Crippen LogP contribution in [0.25, 0.3) is 0 Å². The van der Waals surface area contributed by atoms with Gasteiger partial charge in [-0.3, -0.25) is 0 Å². The van der Waals surface area contributed by atoms with Gasteiger partial charge >= 0.3 is 0 Å². The van der Waals surface area contributed by atoms with Gasteiger partial charge in [0, 0.05) is 6.42 Å². The lowest BCUT2D eigenvalue weighted by Crippen LogP contribution is -2.26. The van der Waals surface area contributed by atoms with Crippen molar-refractivity contribution < 1.29 is 9.13 Å². The molecular formula is C26H37FO. The van der Waals surface area contributed by atoms with Gasteiger partial charge in [0.1, 0.15) is 5.82 Å². The van der Waals surface area contributed by atoms with E-state index in [-0.39, 0.29) is 5.82 Å². The second kappa shape index (κ2) is 9.01. The van der Waals surface area contributed by atoms with E-state index in [4.69, 9.17) is 4.74 Å². The minimum Gasteiger partial charge on any atom is -0.498 e. The number of ether oxygens (including phenoxy) is 1. The maximum absolute atomic E-state index is 15.0. The fourth-order valence-electron chi connectivity index (χ4n) is 5.82. The van der Waals surface area contributed by atoms with E-state index in [0.29, 0.717) is 17.8 Å². The van der Waals surface area contributed by atoms with Gasteiger partial charge in [0.25, 0.3) is 0 Å². The molecule has 1 atom stereocenters. The Balaban J connectivity index is 1.34. The van der Waals surface area contributed by atoms with Crippen LogP contribution in [0.2, 0.25) is 0 Å². The number of hydrogen-bond acceptors (Lipinski definition) is 1. The molecule has 0 amide bonds. The molecule has 0 radical (unpaired) electrons. The normalized spacial score (nSPS) is 33.8. The van der Waals surface area contributed by atoms with Gasteiger partial charge in [0.2, 0.25) is 0 Å². The van der Waals surface area contributed by atoms with Crippen LogP contribution in [0.15, 0.2) is 30.0 Å². The standard InChI is InChI=1S/C26H37FO/c1-3-24-14-12-23(17-28-24)20-8-10-21(11-9-20)25-15-13-22(16-26(25)27)19-6-4-18(2)5-7-19/h13-16,18-21,23H,3-12,17H2,1-2H3. The van der Waals surface area contributed by atoms with Gasteiger partial charge in [-0.15, -0.1) is 0 Å². The average Bonchev–Trinajstić information content (AvgIpc) is 2.74. The number of hydrogen-bond donors (Lipinski definition) is 0. The van der Waals surface area contributed by atoms with Crippen molar-refractivity contribution in [3.63, 3.8) is 0 Å². The molecule has 2 heteroatoms. The van der Waals surface area contributed by atoms with E-state index in [1.165, 1.54) is 56.3 Å². The average molecular weight is 385 g/mol. The summed E-state index contributed by atoms with van der Waals surface area (Å²) in [6.07, 6.45) is 14.2. The Kier molecular flexibility index (Phi) is 6.43. The van der Waals surface area contributed by atoms with Crippen LogP contribution >= 0.6 is 0 Å². The van der Waals surface area contributed by atoms with E-state index in [9.17, 15) is 4.39 Å². The molecule has 1 unspecified atom stereocenters. The lowest BCUT2D eigenvalue weighted by Gasteiger charge is -2.35. The summed E-state index contributed by atoms with van der Waals surface area (Å²) in [5.41, 5.74) is 2.21. The molecule has 154 valence electrons. The zero-order valence-corrected chi connectivity index (χ0v) is 17.8. The van der Waals surface area contributed by atoms with Crippen LogP contribution in [-0.2, 0) is 4.74 Å². The van der Waals surface area contributed by atoms with Gasteiger partial charge in [-0.25, -0.2) is 4.39 Å². The van der Waals surface area contributed by atoms with Crippen molar-refractivity contribution in [1.82, 2.24) is 0 Å². The Morgan fingerprint density at radius 1 is 0.929 bits per heavy atom. The summed E-state index contributed by atoms with van der Waals surface area (Å²) in [5, 5.41) is 0. The Labute approximate surface area is 170 Å². The van der Waals surface area contributed by atoms with Gasteiger partial charge in [-0.1, -0.05) is 38.8 Å². The summed E-state index contributed by atoms with van der Waals surface area (Å²) in [4.78, 5) is 0. The van der Waals surface area contributed by atoms with Crippen molar-refractivity contribution in [2.24, 2.45) is 17.8 Å². The highest BCUT2D eigenvalue weighted by atomic mass is 19.1. The van der Waals surface area contributed by atoms with E-state index in [1.807, 2.05) is 6.07 Å². The molecule has 0 bridgehead atoms. The summed E-state index contributed by atoms with van der Waals surface area (Å²) in [6.45, 7) is 5.39. The summed E-state index contributed by atoms with van der Waals surface area (Å²) in [6, 6.07) is 6.22. The van der Waals surface area contributed by atoms with Crippen molar-refractivity contribution in [3.8, 4) is 0 Å². The van der Waals surface area contributed by atoms with Gasteiger partial charge in [0.05, 0.1) is 12.4 Å². The zero-order chi connectivity index (χ0) is 19.5. The number of benzene rings is 1. The molecule has 2 saturated carbocycles. The molecule has 1 aliphatic heterocycles. The van der Waals surface area contributed by atoms with E-state index in [1.54, 1.807) is 0 Å². The predicted molar refractivity (Wildman–Crippen MR) is 114 cm³/mol. The molecule has 0 saturated heterocycles. The fourth-order valence-corrected chi connectivity index (χ4v) is 5.82. The zero-order valence-electron chi connectivity index (χ0n) is 17.8. The van der Waals surface area contributed by atoms with Crippen LogP contribution in [0.3, 0.4) is 0 Å². The smallest absolute Gasteiger partial charge is 0.126 e. The lowest BCUT2D eigenvalue weighted by molar-refractivity contribution is 0.0904. The van der Waals surface area contributed by atoms with Crippen molar-refractivity contribution in [2.75, 3.05) is 6.61 Å². The third kappa shape index (κ3) is 4.47. The molecule has 3 aliphatic rings. The maximum Gasteiger partial charge on any atom is 0.126 e. The molecule has 4 rings (SSSR count). The first kappa shape index (κ1) is 20.0. The maximum atomic E-state index is 15.0. The topological polar surface area (TPSA) is 9.23 Å². The van der Waals surface area contributed by atoms with Crippen LogP contribution in [0.5, 0.6) is 0 Å². The highest BCUT2D eigenvalue weighted by Gasteiger charge is 2.31. The molecule has 1 aromatic carbocycles. The van der Waals surface area contributed by atoms with Crippen molar-refractivity contribution >= 4 is 0 Å². The second-order valence-electron chi connectivity index (χ2n) is 9.68. The molecule has 0 N–H and O–H groups in total. The number of halogens is 1. The van der Waals surface area contributed by atoms with E-state index < -0.39 is 0 Å². The molecule has 1 aromatic rings. The monoisotopic (exact) mass is 384 g/mol. The van der Waals surface area contributed by atoms with Gasteiger partial charge in [-0.05, 0) is 97.8 Å². The summed E-state index contributed by atoms with van der Waals surface area (Å²) < 4.78 is 20.9. The Morgan fingerprint density at radius 2 is 1.64 bits per heavy atom. The Morgan fingerprint density at radius 3 is 2.25 bits per heavy atom. The summed E-state index contributed by atoms with van der Waals surface area (Å²) in [5.74, 6) is 4.45. The Hall–Kier alpha value is -1.31. The summed E-state index contributed by atoms with van der Waals surface area (Å²) in [7, 11) is 0. The Bertz CT molecular complexity index is 678. The number of rotatable bonds is 4. The minimum atomic E-state index is 0.0519. The third-order valence-electron chi connectivity index (χ3n) is 7.87. The second-order valence-corrected chi connectivity index (χ2v) is 9.68. The largest absolute Gasteiger partial charge is 0.498 e. The highest BCUT2D eigenvalue weighted by molar-refractivity contribution is 5.30. The molecule has 1 nitrogen and oxygen atoms in total. The minimum absolute atomic E-state index is 0.0519. The van der Waals surface area contributed by atoms with Gasteiger partial charge < -0.3 is 4.74 Å². The van der Waals surface area contributed by atoms with Crippen LogP contribution in [0.4, 0.5) is 4.39 Å². The fraction of sp³-hybridized carbons (Fsp3) is 0.692. The van der Waals surface area contributed by atoms with Crippen molar-refractivity contribution in [2.45, 2.75) is 89.9 Å². The van der Waals surface area contributed by atoms with E-state index >= 15 is 0 Å².